The largest absolute Gasteiger partial charge is 0.481 e. The third-order valence-electron chi connectivity index (χ3n) is 3.54. The summed E-state index contributed by atoms with van der Waals surface area (Å²) in [6.07, 6.45) is 12.2. The van der Waals surface area contributed by atoms with Crippen molar-refractivity contribution in [2.75, 3.05) is 19.8 Å². The number of aliphatic hydroxyl groups is 3. The van der Waals surface area contributed by atoms with Crippen LogP contribution < -0.4 is 0 Å². The molecule has 0 atom stereocenters. The monoisotopic (exact) mass is 320 g/mol. The molecule has 5 nitrogen and oxygen atoms in total. The van der Waals surface area contributed by atoms with Gasteiger partial charge in [0.25, 0.3) is 0 Å². The van der Waals surface area contributed by atoms with Gasteiger partial charge in [-0.05, 0) is 26.7 Å². The standard InChI is InChI=1S/C12H26O2.C5H10O3/c13-11-9-7-5-3-1-2-4-6-8-10-12-14;1-5(2,3-6)4(7)8/h13-14H,1-12H2;6H,3H2,1-2H3,(H,7,8). The molecule has 0 heterocycles. The summed E-state index contributed by atoms with van der Waals surface area (Å²) in [5, 5.41) is 33.8. The van der Waals surface area contributed by atoms with Crippen molar-refractivity contribution in [2.45, 2.75) is 78.1 Å². The van der Waals surface area contributed by atoms with E-state index in [4.69, 9.17) is 20.4 Å². The van der Waals surface area contributed by atoms with Gasteiger partial charge in [-0.15, -0.1) is 0 Å². The lowest BCUT2D eigenvalue weighted by atomic mass is 9.96. The normalized spacial score (nSPS) is 11.0. The van der Waals surface area contributed by atoms with Crippen LogP contribution in [0, 0.1) is 5.41 Å². The van der Waals surface area contributed by atoms with Crippen LogP contribution in [0.5, 0.6) is 0 Å². The highest BCUT2D eigenvalue weighted by molar-refractivity contribution is 5.73. The fraction of sp³-hybridized carbons (Fsp3) is 0.941. The second-order valence-electron chi connectivity index (χ2n) is 6.33. The number of carbonyl (C=O) groups is 1. The van der Waals surface area contributed by atoms with Crippen LogP contribution in [0.25, 0.3) is 0 Å². The minimum absolute atomic E-state index is 0.317. The highest BCUT2D eigenvalue weighted by atomic mass is 16.4. The fourth-order valence-corrected chi connectivity index (χ4v) is 1.71. The molecule has 0 aromatic rings. The molecule has 0 amide bonds. The van der Waals surface area contributed by atoms with Crippen LogP contribution in [0.4, 0.5) is 0 Å². The molecule has 134 valence electrons. The Morgan fingerprint density at radius 2 is 0.955 bits per heavy atom. The molecule has 0 aliphatic carbocycles. The lowest BCUT2D eigenvalue weighted by Gasteiger charge is -2.13. The van der Waals surface area contributed by atoms with Crippen LogP contribution in [-0.4, -0.2) is 46.2 Å². The molecule has 0 aromatic carbocycles. The first kappa shape index (κ1) is 23.6. The molecule has 0 unspecified atom stereocenters. The van der Waals surface area contributed by atoms with Crippen molar-refractivity contribution in [1.29, 1.82) is 0 Å². The SMILES string of the molecule is CC(C)(CO)C(=O)O.OCCCCCCCCCCCCO. The molecule has 0 rings (SSSR count). The molecular weight excluding hydrogens is 284 g/mol. The molecule has 0 spiro atoms. The van der Waals surface area contributed by atoms with Gasteiger partial charge in [0.15, 0.2) is 0 Å². The summed E-state index contributed by atoms with van der Waals surface area (Å²) in [5.41, 5.74) is -0.986. The van der Waals surface area contributed by atoms with Crippen LogP contribution in [-0.2, 0) is 4.79 Å². The second kappa shape index (κ2) is 16.7. The first-order valence-corrected chi connectivity index (χ1v) is 8.48. The van der Waals surface area contributed by atoms with E-state index in [-0.39, 0.29) is 6.61 Å². The van der Waals surface area contributed by atoms with Crippen molar-refractivity contribution < 1.29 is 25.2 Å². The van der Waals surface area contributed by atoms with Crippen molar-refractivity contribution in [3.63, 3.8) is 0 Å². The van der Waals surface area contributed by atoms with Gasteiger partial charge < -0.3 is 20.4 Å². The number of unbranched alkanes of at least 4 members (excludes halogenated alkanes) is 9. The first-order valence-electron chi connectivity index (χ1n) is 8.48. The van der Waals surface area contributed by atoms with Crippen molar-refractivity contribution in [3.8, 4) is 0 Å². The summed E-state index contributed by atoms with van der Waals surface area (Å²) in [5.74, 6) is -0.972. The van der Waals surface area contributed by atoms with Gasteiger partial charge in [-0.2, -0.15) is 0 Å². The Balaban J connectivity index is 0. The lowest BCUT2D eigenvalue weighted by Crippen LogP contribution is -2.27. The number of aliphatic carboxylic acids is 1. The van der Waals surface area contributed by atoms with Crippen LogP contribution in [0.2, 0.25) is 0 Å². The molecule has 0 aliphatic rings. The minimum atomic E-state index is -0.986. The Labute approximate surface area is 135 Å². The second-order valence-corrected chi connectivity index (χ2v) is 6.33. The predicted molar refractivity (Wildman–Crippen MR) is 88.8 cm³/mol. The molecule has 4 N–H and O–H groups in total. The number of rotatable bonds is 13. The smallest absolute Gasteiger partial charge is 0.311 e. The van der Waals surface area contributed by atoms with E-state index in [9.17, 15) is 4.79 Å². The first-order chi connectivity index (χ1) is 10.4. The van der Waals surface area contributed by atoms with E-state index < -0.39 is 11.4 Å². The van der Waals surface area contributed by atoms with Gasteiger partial charge in [0.2, 0.25) is 0 Å². The molecule has 0 saturated heterocycles. The van der Waals surface area contributed by atoms with Gasteiger partial charge in [0.05, 0.1) is 12.0 Å². The quantitative estimate of drug-likeness (QED) is 0.391. The molecule has 0 fully saturated rings. The van der Waals surface area contributed by atoms with Crippen LogP contribution in [0.15, 0.2) is 0 Å². The summed E-state index contributed by atoms with van der Waals surface area (Å²) < 4.78 is 0. The Bertz CT molecular complexity index is 229. The van der Waals surface area contributed by atoms with E-state index >= 15 is 0 Å². The van der Waals surface area contributed by atoms with E-state index in [1.807, 2.05) is 0 Å². The Hall–Kier alpha value is -0.650. The van der Waals surface area contributed by atoms with Gasteiger partial charge in [-0.25, -0.2) is 0 Å². The zero-order valence-corrected chi connectivity index (χ0v) is 14.4. The summed E-state index contributed by atoms with van der Waals surface area (Å²) in [4.78, 5) is 10.1. The van der Waals surface area contributed by atoms with Crippen molar-refractivity contribution in [2.24, 2.45) is 5.41 Å². The van der Waals surface area contributed by atoms with Crippen molar-refractivity contribution in [1.82, 2.24) is 0 Å². The average Bonchev–Trinajstić information content (AvgIpc) is 2.49. The lowest BCUT2D eigenvalue weighted by molar-refractivity contribution is -0.148. The third kappa shape index (κ3) is 17.4. The van der Waals surface area contributed by atoms with Crippen LogP contribution in [0.1, 0.15) is 78.1 Å². The summed E-state index contributed by atoms with van der Waals surface area (Å²) in [7, 11) is 0. The van der Waals surface area contributed by atoms with E-state index in [1.165, 1.54) is 65.2 Å². The Morgan fingerprint density at radius 1 is 0.682 bits per heavy atom. The zero-order valence-electron chi connectivity index (χ0n) is 14.4. The van der Waals surface area contributed by atoms with Crippen molar-refractivity contribution in [3.05, 3.63) is 0 Å². The number of carboxylic acid groups (broad SMARTS) is 1. The molecule has 0 bridgehead atoms. The molecule has 22 heavy (non-hydrogen) atoms. The molecule has 5 heteroatoms. The molecule has 0 aliphatic heterocycles. The topological polar surface area (TPSA) is 98.0 Å². The summed E-state index contributed by atoms with van der Waals surface area (Å²) in [6.45, 7) is 3.31. The van der Waals surface area contributed by atoms with E-state index in [2.05, 4.69) is 0 Å². The number of hydrogen-bond donors (Lipinski definition) is 4. The molecule has 0 saturated carbocycles. The summed E-state index contributed by atoms with van der Waals surface area (Å²) >= 11 is 0. The van der Waals surface area contributed by atoms with Crippen molar-refractivity contribution >= 4 is 5.97 Å². The maximum atomic E-state index is 10.1. The average molecular weight is 320 g/mol. The summed E-state index contributed by atoms with van der Waals surface area (Å²) in [6, 6.07) is 0. The Morgan fingerprint density at radius 3 is 1.09 bits per heavy atom. The van der Waals surface area contributed by atoms with E-state index in [1.54, 1.807) is 0 Å². The zero-order chi connectivity index (χ0) is 17.3. The highest BCUT2D eigenvalue weighted by Gasteiger charge is 2.25. The van der Waals surface area contributed by atoms with Gasteiger partial charge in [-0.3, -0.25) is 4.79 Å². The fourth-order valence-electron chi connectivity index (χ4n) is 1.71. The number of hydrogen-bond acceptors (Lipinski definition) is 4. The van der Waals surface area contributed by atoms with Gasteiger partial charge in [0, 0.05) is 13.2 Å². The number of aliphatic hydroxyl groups excluding tert-OH is 3. The highest BCUT2D eigenvalue weighted by Crippen LogP contribution is 2.12. The maximum absolute atomic E-state index is 10.1. The Kier molecular flexibility index (Phi) is 17.9. The van der Waals surface area contributed by atoms with Gasteiger partial charge >= 0.3 is 5.97 Å². The molecule has 0 aromatic heterocycles. The third-order valence-corrected chi connectivity index (χ3v) is 3.54. The van der Waals surface area contributed by atoms with Gasteiger partial charge in [-0.1, -0.05) is 51.4 Å². The van der Waals surface area contributed by atoms with Crippen LogP contribution >= 0.6 is 0 Å². The molecular formula is C17H36O5. The van der Waals surface area contributed by atoms with E-state index in [0.717, 1.165) is 12.8 Å². The minimum Gasteiger partial charge on any atom is -0.481 e. The number of carboxylic acids is 1. The maximum Gasteiger partial charge on any atom is 0.311 e. The van der Waals surface area contributed by atoms with Gasteiger partial charge in [0.1, 0.15) is 0 Å². The predicted octanol–water partition coefficient (Wildman–Crippen LogP) is 2.96. The molecule has 0 radical (unpaired) electrons. The van der Waals surface area contributed by atoms with Crippen LogP contribution in [0.3, 0.4) is 0 Å². The van der Waals surface area contributed by atoms with E-state index in [0.29, 0.717) is 13.2 Å².